The number of nitrogens with zero attached hydrogens (tertiary/aromatic N) is 4. The molecule has 24 heavy (non-hydrogen) atoms. The molecule has 1 aliphatic rings. The first kappa shape index (κ1) is 17.0. The van der Waals surface area contributed by atoms with Crippen LogP contribution < -0.4 is 10.6 Å². The second kappa shape index (κ2) is 6.98. The van der Waals surface area contributed by atoms with Crippen LogP contribution in [0.3, 0.4) is 0 Å². The second-order valence-electron chi connectivity index (χ2n) is 5.73. The average Bonchev–Trinajstić information content (AvgIpc) is 3.17. The Bertz CT molecular complexity index is 678. The minimum atomic E-state index is -4.15. The van der Waals surface area contributed by atoms with Gasteiger partial charge in [-0.2, -0.15) is 13.2 Å². The number of fused-ring (bicyclic) bond motifs is 1. The summed E-state index contributed by atoms with van der Waals surface area (Å²) < 4.78 is 39.2. The summed E-state index contributed by atoms with van der Waals surface area (Å²) in [5.41, 5.74) is 0.884. The Labute approximate surface area is 141 Å². The van der Waals surface area contributed by atoms with Gasteiger partial charge in [-0.05, 0) is 6.42 Å². The monoisotopic (exact) mass is 360 g/mol. The van der Waals surface area contributed by atoms with Crippen LogP contribution in [-0.2, 0) is 6.54 Å². The molecule has 2 N–H and O–H groups in total. The van der Waals surface area contributed by atoms with Gasteiger partial charge in [0.05, 0.1) is 18.8 Å². The summed E-state index contributed by atoms with van der Waals surface area (Å²) >= 11 is 1.56. The lowest BCUT2D eigenvalue weighted by atomic mass is 10.3. The molecule has 0 aromatic carbocycles. The third-order valence-electron chi connectivity index (χ3n) is 3.82. The lowest BCUT2D eigenvalue weighted by Crippen LogP contribution is -2.44. The Balaban J connectivity index is 1.48. The van der Waals surface area contributed by atoms with Crippen molar-refractivity contribution in [2.75, 3.05) is 26.7 Å². The van der Waals surface area contributed by atoms with Gasteiger partial charge in [0.2, 0.25) is 0 Å². The number of thiazole rings is 1. The summed E-state index contributed by atoms with van der Waals surface area (Å²) in [6, 6.07) is -0.0379. The highest BCUT2D eigenvalue weighted by Gasteiger charge is 2.34. The van der Waals surface area contributed by atoms with E-state index in [1.165, 1.54) is 4.90 Å². The number of nitrogens with one attached hydrogen (secondary N) is 2. The van der Waals surface area contributed by atoms with Gasteiger partial charge in [0.1, 0.15) is 0 Å². The van der Waals surface area contributed by atoms with Gasteiger partial charge in [0, 0.05) is 44.0 Å². The summed E-state index contributed by atoms with van der Waals surface area (Å²) in [7, 11) is 1.64. The standard InChI is InChI=1S/C14H19F3N6S/c1-18-12(19-6-11-8-23-4-5-24-13(23)21-11)20-10-2-3-22(7-10)9-14(15,16)17/h4-5,8,10H,2-3,6-7,9H2,1H3,(H2,18,19,20). The maximum atomic E-state index is 12.4. The minimum Gasteiger partial charge on any atom is -0.352 e. The van der Waals surface area contributed by atoms with Crippen molar-refractivity contribution in [1.29, 1.82) is 0 Å². The molecule has 0 aliphatic carbocycles. The molecule has 1 atom stereocenters. The van der Waals surface area contributed by atoms with Gasteiger partial charge >= 0.3 is 6.18 Å². The first-order chi connectivity index (χ1) is 11.4. The Kier molecular flexibility index (Phi) is 4.95. The largest absolute Gasteiger partial charge is 0.401 e. The number of halogens is 3. The van der Waals surface area contributed by atoms with Crippen LogP contribution in [0.2, 0.25) is 0 Å². The van der Waals surface area contributed by atoms with E-state index in [4.69, 9.17) is 0 Å². The number of guanidine groups is 1. The van der Waals surface area contributed by atoms with Crippen molar-refractivity contribution in [3.8, 4) is 0 Å². The molecule has 1 aliphatic heterocycles. The van der Waals surface area contributed by atoms with E-state index in [-0.39, 0.29) is 6.04 Å². The van der Waals surface area contributed by atoms with Gasteiger partial charge in [-0.15, -0.1) is 11.3 Å². The molecule has 1 saturated heterocycles. The fraction of sp³-hybridized carbons (Fsp3) is 0.571. The molecule has 1 fully saturated rings. The highest BCUT2D eigenvalue weighted by atomic mass is 32.1. The molecule has 0 radical (unpaired) electrons. The molecular formula is C14H19F3N6S. The molecule has 10 heteroatoms. The molecule has 1 unspecified atom stereocenters. The fourth-order valence-corrected chi connectivity index (χ4v) is 3.49. The predicted molar refractivity (Wildman–Crippen MR) is 87.3 cm³/mol. The van der Waals surface area contributed by atoms with E-state index >= 15 is 0 Å². The molecule has 2 aromatic heterocycles. The van der Waals surface area contributed by atoms with Gasteiger partial charge in [0.15, 0.2) is 10.9 Å². The van der Waals surface area contributed by atoms with Crippen molar-refractivity contribution in [3.63, 3.8) is 0 Å². The Morgan fingerprint density at radius 1 is 1.50 bits per heavy atom. The normalized spacial score (nSPS) is 20.0. The number of aliphatic imine (C=N–C) groups is 1. The van der Waals surface area contributed by atoms with Crippen LogP contribution >= 0.6 is 11.3 Å². The number of hydrogen-bond donors (Lipinski definition) is 2. The van der Waals surface area contributed by atoms with Crippen LogP contribution in [0.1, 0.15) is 12.1 Å². The van der Waals surface area contributed by atoms with Crippen LogP contribution in [0, 0.1) is 0 Å². The summed E-state index contributed by atoms with van der Waals surface area (Å²) in [6.45, 7) is 0.446. The number of rotatable bonds is 4. The summed E-state index contributed by atoms with van der Waals surface area (Å²) in [6.07, 6.45) is 0.393. The molecule has 6 nitrogen and oxygen atoms in total. The third kappa shape index (κ3) is 4.38. The minimum absolute atomic E-state index is 0.0379. The maximum Gasteiger partial charge on any atom is 0.401 e. The van der Waals surface area contributed by atoms with Crippen LogP contribution in [0.4, 0.5) is 13.2 Å². The van der Waals surface area contributed by atoms with Crippen molar-refractivity contribution >= 4 is 22.3 Å². The smallest absolute Gasteiger partial charge is 0.352 e. The second-order valence-corrected chi connectivity index (χ2v) is 6.60. The zero-order valence-electron chi connectivity index (χ0n) is 13.2. The van der Waals surface area contributed by atoms with Gasteiger partial charge in [-0.3, -0.25) is 14.3 Å². The van der Waals surface area contributed by atoms with Crippen molar-refractivity contribution in [3.05, 3.63) is 23.5 Å². The van der Waals surface area contributed by atoms with Crippen LogP contribution in [0.25, 0.3) is 4.96 Å². The van der Waals surface area contributed by atoms with Crippen LogP contribution in [0.15, 0.2) is 22.8 Å². The molecule has 2 aromatic rings. The van der Waals surface area contributed by atoms with E-state index in [1.54, 1.807) is 18.4 Å². The quantitative estimate of drug-likeness (QED) is 0.644. The molecule has 0 spiro atoms. The van der Waals surface area contributed by atoms with E-state index in [0.717, 1.165) is 10.7 Å². The van der Waals surface area contributed by atoms with E-state index < -0.39 is 12.7 Å². The summed E-state index contributed by atoms with van der Waals surface area (Å²) in [5.74, 6) is 0.574. The van der Waals surface area contributed by atoms with Gasteiger partial charge in [0.25, 0.3) is 0 Å². The average molecular weight is 360 g/mol. The van der Waals surface area contributed by atoms with Crippen molar-refractivity contribution in [1.82, 2.24) is 24.9 Å². The number of likely N-dealkylation sites (tertiary alicyclic amines) is 1. The Morgan fingerprint density at radius 3 is 3.04 bits per heavy atom. The first-order valence-corrected chi connectivity index (χ1v) is 8.48. The molecule has 3 heterocycles. The fourth-order valence-electron chi connectivity index (χ4n) is 2.77. The topological polar surface area (TPSA) is 57.0 Å². The van der Waals surface area contributed by atoms with Gasteiger partial charge in [-0.25, -0.2) is 4.98 Å². The highest BCUT2D eigenvalue weighted by Crippen LogP contribution is 2.19. The van der Waals surface area contributed by atoms with E-state index in [9.17, 15) is 13.2 Å². The number of hydrogen-bond acceptors (Lipinski definition) is 4. The predicted octanol–water partition coefficient (Wildman–Crippen LogP) is 1.70. The summed E-state index contributed by atoms with van der Waals surface area (Å²) in [5, 5.41) is 8.30. The highest BCUT2D eigenvalue weighted by molar-refractivity contribution is 7.15. The maximum absolute atomic E-state index is 12.4. The number of imidazole rings is 1. The zero-order valence-corrected chi connectivity index (χ0v) is 14.0. The van der Waals surface area contributed by atoms with Gasteiger partial charge < -0.3 is 10.6 Å². The third-order valence-corrected chi connectivity index (χ3v) is 4.59. The molecule has 0 amide bonds. The molecular weight excluding hydrogens is 341 g/mol. The van der Waals surface area contributed by atoms with Crippen molar-refractivity contribution in [2.45, 2.75) is 25.2 Å². The molecule has 0 bridgehead atoms. The molecule has 3 rings (SSSR count). The number of aromatic nitrogens is 2. The summed E-state index contributed by atoms with van der Waals surface area (Å²) in [4.78, 5) is 10.9. The number of alkyl halides is 3. The Morgan fingerprint density at radius 2 is 2.33 bits per heavy atom. The SMILES string of the molecule is CN=C(NCc1cn2ccsc2n1)NC1CCN(CC(F)(F)F)C1. The van der Waals surface area contributed by atoms with E-state index in [1.807, 2.05) is 22.2 Å². The zero-order chi connectivity index (χ0) is 17.2. The first-order valence-electron chi connectivity index (χ1n) is 7.60. The lowest BCUT2D eigenvalue weighted by molar-refractivity contribution is -0.143. The van der Waals surface area contributed by atoms with Gasteiger partial charge in [-0.1, -0.05) is 0 Å². The molecule has 132 valence electrons. The van der Waals surface area contributed by atoms with E-state index in [0.29, 0.717) is 32.0 Å². The van der Waals surface area contributed by atoms with Crippen molar-refractivity contribution in [2.24, 2.45) is 4.99 Å². The van der Waals surface area contributed by atoms with E-state index in [2.05, 4.69) is 20.6 Å². The molecule has 0 saturated carbocycles. The lowest BCUT2D eigenvalue weighted by Gasteiger charge is -2.19. The van der Waals surface area contributed by atoms with Crippen LogP contribution in [-0.4, -0.2) is 59.1 Å². The van der Waals surface area contributed by atoms with Crippen molar-refractivity contribution < 1.29 is 13.2 Å². The van der Waals surface area contributed by atoms with Crippen LogP contribution in [0.5, 0.6) is 0 Å². The Hall–Kier alpha value is -1.81.